The summed E-state index contributed by atoms with van der Waals surface area (Å²) in [5, 5.41) is 8.89. The van der Waals surface area contributed by atoms with E-state index in [0.29, 0.717) is 10.6 Å². The van der Waals surface area contributed by atoms with Crippen molar-refractivity contribution in [3.8, 4) is 22.3 Å². The normalized spacial score (nSPS) is 9.94. The number of hydrogen-bond acceptors (Lipinski definition) is 4. The lowest BCUT2D eigenvalue weighted by Crippen LogP contribution is -1.86. The zero-order valence-corrected chi connectivity index (χ0v) is 11.4. The number of nitriles is 1. The lowest BCUT2D eigenvalue weighted by Gasteiger charge is -2.06. The summed E-state index contributed by atoms with van der Waals surface area (Å²) < 4.78 is 6.26. The Morgan fingerprint density at radius 1 is 1.41 bits per heavy atom. The second-order valence-electron chi connectivity index (χ2n) is 3.35. The van der Waals surface area contributed by atoms with Gasteiger partial charge in [-0.3, -0.25) is 0 Å². The van der Waals surface area contributed by atoms with Crippen molar-refractivity contribution in [3.05, 3.63) is 33.6 Å². The third kappa shape index (κ3) is 2.28. The van der Waals surface area contributed by atoms with Crippen molar-refractivity contribution in [3.63, 3.8) is 0 Å². The molecule has 0 saturated carbocycles. The second-order valence-corrected chi connectivity index (χ2v) is 5.32. The molecule has 0 bridgehead atoms. The van der Waals surface area contributed by atoms with Crippen molar-refractivity contribution in [2.75, 3.05) is 12.8 Å². The highest BCUT2D eigenvalue weighted by molar-refractivity contribution is 9.10. The summed E-state index contributed by atoms with van der Waals surface area (Å²) in [6, 6.07) is 9.63. The highest BCUT2D eigenvalue weighted by Gasteiger charge is 2.12. The molecule has 1 aromatic heterocycles. The van der Waals surface area contributed by atoms with Gasteiger partial charge in [-0.15, -0.1) is 11.3 Å². The fourth-order valence-corrected chi connectivity index (χ4v) is 2.74. The number of halogens is 1. The van der Waals surface area contributed by atoms with Crippen LogP contribution in [0.25, 0.3) is 10.4 Å². The third-order valence-electron chi connectivity index (χ3n) is 2.29. The average molecular weight is 309 g/mol. The lowest BCUT2D eigenvalue weighted by atomic mass is 10.1. The summed E-state index contributed by atoms with van der Waals surface area (Å²) in [5.74, 6) is 0.755. The molecule has 0 aliphatic rings. The highest BCUT2D eigenvalue weighted by atomic mass is 79.9. The number of thiophene rings is 1. The Labute approximate surface area is 112 Å². The fraction of sp³-hybridized carbons (Fsp3) is 0.0833. The molecule has 0 atom stereocenters. The van der Waals surface area contributed by atoms with E-state index in [1.165, 1.54) is 11.3 Å². The molecule has 2 rings (SSSR count). The van der Waals surface area contributed by atoms with Crippen LogP contribution in [0.1, 0.15) is 4.88 Å². The summed E-state index contributed by atoms with van der Waals surface area (Å²) in [6.07, 6.45) is 0. The molecule has 1 aromatic carbocycles. The van der Waals surface area contributed by atoms with Gasteiger partial charge < -0.3 is 10.5 Å². The van der Waals surface area contributed by atoms with Crippen LogP contribution in [0.15, 0.2) is 28.7 Å². The molecule has 1 heterocycles. The Hall–Kier alpha value is -1.51. The van der Waals surface area contributed by atoms with Crippen molar-refractivity contribution in [2.24, 2.45) is 0 Å². The van der Waals surface area contributed by atoms with Gasteiger partial charge >= 0.3 is 0 Å². The molecular formula is C12H9BrN2OS. The van der Waals surface area contributed by atoms with E-state index in [0.717, 1.165) is 20.7 Å². The van der Waals surface area contributed by atoms with Crippen molar-refractivity contribution in [1.82, 2.24) is 0 Å². The molecule has 0 amide bonds. The molecule has 0 radical (unpaired) electrons. The SMILES string of the molecule is COc1cc(Br)ccc1-c1cc(N)c(C#N)s1. The number of nitrogens with two attached hydrogens (primary N) is 1. The van der Waals surface area contributed by atoms with Crippen molar-refractivity contribution in [1.29, 1.82) is 5.26 Å². The van der Waals surface area contributed by atoms with Crippen LogP contribution < -0.4 is 10.5 Å². The largest absolute Gasteiger partial charge is 0.496 e. The minimum absolute atomic E-state index is 0.512. The zero-order valence-electron chi connectivity index (χ0n) is 9.03. The number of nitrogens with zero attached hydrogens (tertiary/aromatic N) is 1. The molecule has 3 nitrogen and oxygen atoms in total. The van der Waals surface area contributed by atoms with Gasteiger partial charge in [0.2, 0.25) is 0 Å². The number of hydrogen-bond donors (Lipinski definition) is 1. The van der Waals surface area contributed by atoms with Gasteiger partial charge in [0.05, 0.1) is 12.8 Å². The van der Waals surface area contributed by atoms with Crippen molar-refractivity contribution >= 4 is 33.0 Å². The van der Waals surface area contributed by atoms with Crippen LogP contribution in [0, 0.1) is 11.3 Å². The van der Waals surface area contributed by atoms with Gasteiger partial charge in [-0.1, -0.05) is 15.9 Å². The molecule has 0 spiro atoms. The molecule has 17 heavy (non-hydrogen) atoms. The molecule has 0 saturated heterocycles. The summed E-state index contributed by atoms with van der Waals surface area (Å²) in [7, 11) is 1.62. The van der Waals surface area contributed by atoms with Crippen molar-refractivity contribution < 1.29 is 4.74 Å². The maximum atomic E-state index is 8.89. The summed E-state index contributed by atoms with van der Waals surface area (Å²) in [5.41, 5.74) is 7.20. The molecule has 2 N–H and O–H groups in total. The Bertz CT molecular complexity index is 601. The number of nitrogen functional groups attached to an aromatic ring is 1. The predicted molar refractivity (Wildman–Crippen MR) is 73.1 cm³/mol. The number of anilines is 1. The van der Waals surface area contributed by atoms with Gasteiger partial charge in [-0.05, 0) is 24.3 Å². The summed E-state index contributed by atoms with van der Waals surface area (Å²) in [4.78, 5) is 1.47. The third-order valence-corrected chi connectivity index (χ3v) is 3.87. The van der Waals surface area contributed by atoms with Crippen LogP contribution in [0.5, 0.6) is 5.75 Å². The van der Waals surface area contributed by atoms with Crippen LogP contribution >= 0.6 is 27.3 Å². The Kier molecular flexibility index (Phi) is 3.36. The standard InChI is InChI=1S/C12H9BrN2OS/c1-16-10-4-7(13)2-3-8(10)11-5-9(15)12(6-14)17-11/h2-5H,15H2,1H3. The maximum Gasteiger partial charge on any atom is 0.128 e. The summed E-state index contributed by atoms with van der Waals surface area (Å²) in [6.45, 7) is 0. The van der Waals surface area contributed by atoms with E-state index in [2.05, 4.69) is 22.0 Å². The molecule has 2 aromatic rings. The molecule has 0 aliphatic heterocycles. The van der Waals surface area contributed by atoms with Crippen LogP contribution in [0.3, 0.4) is 0 Å². The summed E-state index contributed by atoms with van der Waals surface area (Å²) >= 11 is 4.76. The van der Waals surface area contributed by atoms with Crippen LogP contribution in [0.2, 0.25) is 0 Å². The first-order valence-electron chi connectivity index (χ1n) is 4.79. The monoisotopic (exact) mass is 308 g/mol. The molecule has 0 unspecified atom stereocenters. The smallest absolute Gasteiger partial charge is 0.128 e. The topological polar surface area (TPSA) is 59.0 Å². The zero-order chi connectivity index (χ0) is 12.4. The van der Waals surface area contributed by atoms with E-state index in [1.807, 2.05) is 18.2 Å². The average Bonchev–Trinajstić information content (AvgIpc) is 2.70. The molecule has 86 valence electrons. The van der Waals surface area contributed by atoms with E-state index in [4.69, 9.17) is 15.7 Å². The Balaban J connectivity index is 2.56. The number of methoxy groups -OCH3 is 1. The van der Waals surface area contributed by atoms with E-state index in [9.17, 15) is 0 Å². The van der Waals surface area contributed by atoms with Gasteiger partial charge in [0.15, 0.2) is 0 Å². The second kappa shape index (κ2) is 4.78. The van der Waals surface area contributed by atoms with E-state index < -0.39 is 0 Å². The van der Waals surface area contributed by atoms with E-state index >= 15 is 0 Å². The van der Waals surface area contributed by atoms with Crippen LogP contribution in [0.4, 0.5) is 5.69 Å². The Morgan fingerprint density at radius 2 is 2.18 bits per heavy atom. The fourth-order valence-electron chi connectivity index (χ4n) is 1.49. The minimum Gasteiger partial charge on any atom is -0.496 e. The first-order valence-corrected chi connectivity index (χ1v) is 6.40. The van der Waals surface area contributed by atoms with Gasteiger partial charge in [0, 0.05) is 14.9 Å². The maximum absolute atomic E-state index is 8.89. The van der Waals surface area contributed by atoms with Crippen LogP contribution in [-0.4, -0.2) is 7.11 Å². The van der Waals surface area contributed by atoms with Gasteiger partial charge in [-0.2, -0.15) is 5.26 Å². The van der Waals surface area contributed by atoms with Gasteiger partial charge in [0.1, 0.15) is 16.7 Å². The lowest BCUT2D eigenvalue weighted by molar-refractivity contribution is 0.416. The predicted octanol–water partition coefficient (Wildman–Crippen LogP) is 3.64. The van der Waals surface area contributed by atoms with Crippen LogP contribution in [-0.2, 0) is 0 Å². The quantitative estimate of drug-likeness (QED) is 0.921. The first kappa shape index (κ1) is 12.0. The minimum atomic E-state index is 0.512. The van der Waals surface area contributed by atoms with E-state index in [-0.39, 0.29) is 0 Å². The first-order chi connectivity index (χ1) is 8.15. The highest BCUT2D eigenvalue weighted by Crippen LogP contribution is 2.38. The van der Waals surface area contributed by atoms with E-state index in [1.54, 1.807) is 13.2 Å². The molecule has 0 fully saturated rings. The van der Waals surface area contributed by atoms with Gasteiger partial charge in [-0.25, -0.2) is 0 Å². The Morgan fingerprint density at radius 3 is 2.76 bits per heavy atom. The van der Waals surface area contributed by atoms with Crippen molar-refractivity contribution in [2.45, 2.75) is 0 Å². The number of ether oxygens (including phenoxy) is 1. The molecule has 0 aliphatic carbocycles. The molecule has 5 heteroatoms. The molecular weight excluding hydrogens is 300 g/mol. The number of rotatable bonds is 2. The number of benzene rings is 1. The van der Waals surface area contributed by atoms with Gasteiger partial charge in [0.25, 0.3) is 0 Å².